The fraction of sp³-hybridized carbons (Fsp3) is 0.571. The van der Waals surface area contributed by atoms with Crippen molar-refractivity contribution in [2.45, 2.75) is 33.2 Å². The number of aromatic carboxylic acids is 1. The lowest BCUT2D eigenvalue weighted by Crippen LogP contribution is -2.44. The van der Waals surface area contributed by atoms with Crippen molar-refractivity contribution >= 4 is 11.8 Å². The highest BCUT2D eigenvalue weighted by molar-refractivity contribution is 5.94. The Morgan fingerprint density at radius 1 is 1.42 bits per heavy atom. The molecular formula is C14H23N3O2. The molecule has 5 nitrogen and oxygen atoms in total. The maximum Gasteiger partial charge on any atom is 0.339 e. The third-order valence-electron chi connectivity index (χ3n) is 3.46. The maximum absolute atomic E-state index is 11.3. The van der Waals surface area contributed by atoms with Gasteiger partial charge in [-0.05, 0) is 53.4 Å². The number of pyridine rings is 1. The molecule has 0 bridgehead atoms. The number of rotatable bonds is 5. The van der Waals surface area contributed by atoms with Crippen LogP contribution in [0.5, 0.6) is 0 Å². The molecule has 1 aromatic rings. The molecule has 0 aliphatic carbocycles. The van der Waals surface area contributed by atoms with Gasteiger partial charge in [0, 0.05) is 17.8 Å². The van der Waals surface area contributed by atoms with Crippen molar-refractivity contribution in [3.05, 3.63) is 22.9 Å². The number of anilines is 1. The summed E-state index contributed by atoms with van der Waals surface area (Å²) in [5, 5.41) is 12.4. The lowest BCUT2D eigenvalue weighted by atomic mass is 10.0. The summed E-state index contributed by atoms with van der Waals surface area (Å²) < 4.78 is 0. The smallest absolute Gasteiger partial charge is 0.339 e. The van der Waals surface area contributed by atoms with Crippen LogP contribution >= 0.6 is 0 Å². The van der Waals surface area contributed by atoms with Crippen molar-refractivity contribution in [1.82, 2.24) is 9.88 Å². The zero-order valence-corrected chi connectivity index (χ0v) is 12.5. The van der Waals surface area contributed by atoms with Gasteiger partial charge in [-0.3, -0.25) is 0 Å². The monoisotopic (exact) mass is 265 g/mol. The van der Waals surface area contributed by atoms with Gasteiger partial charge in [-0.2, -0.15) is 0 Å². The minimum atomic E-state index is -0.949. The van der Waals surface area contributed by atoms with Crippen molar-refractivity contribution in [2.24, 2.45) is 0 Å². The van der Waals surface area contributed by atoms with Gasteiger partial charge in [-0.1, -0.05) is 0 Å². The fourth-order valence-electron chi connectivity index (χ4n) is 1.69. The number of carbonyl (C=O) groups is 1. The second-order valence-electron chi connectivity index (χ2n) is 5.67. The van der Waals surface area contributed by atoms with E-state index in [0.717, 1.165) is 11.3 Å². The van der Waals surface area contributed by atoms with E-state index in [2.05, 4.69) is 29.0 Å². The third-order valence-corrected chi connectivity index (χ3v) is 3.46. The first-order valence-electron chi connectivity index (χ1n) is 6.28. The summed E-state index contributed by atoms with van der Waals surface area (Å²) in [7, 11) is 3.99. The molecule has 106 valence electrons. The summed E-state index contributed by atoms with van der Waals surface area (Å²) >= 11 is 0. The van der Waals surface area contributed by atoms with Gasteiger partial charge in [-0.15, -0.1) is 0 Å². The summed E-state index contributed by atoms with van der Waals surface area (Å²) in [5.74, 6) is -0.505. The van der Waals surface area contributed by atoms with Crippen molar-refractivity contribution in [3.8, 4) is 0 Å². The van der Waals surface area contributed by atoms with Crippen LogP contribution in [0.25, 0.3) is 0 Å². The highest BCUT2D eigenvalue weighted by atomic mass is 16.4. The standard InChI is InChI=1S/C14H23N3O2/c1-9-7-10(2)16-12(11(9)13(18)19)15-8-14(3,4)17(5)6/h7H,8H2,1-6H3,(H,15,16)(H,18,19). The van der Waals surface area contributed by atoms with Crippen LogP contribution in [-0.2, 0) is 0 Å². The second kappa shape index (κ2) is 5.57. The summed E-state index contributed by atoms with van der Waals surface area (Å²) in [6.45, 7) is 8.45. The number of aryl methyl sites for hydroxylation is 2. The second-order valence-corrected chi connectivity index (χ2v) is 5.67. The van der Waals surface area contributed by atoms with Gasteiger partial charge in [0.05, 0.1) is 0 Å². The Hall–Kier alpha value is -1.62. The Bertz CT molecular complexity index is 482. The lowest BCUT2D eigenvalue weighted by Gasteiger charge is -2.33. The molecule has 0 atom stereocenters. The van der Waals surface area contributed by atoms with Gasteiger partial charge < -0.3 is 15.3 Å². The fourth-order valence-corrected chi connectivity index (χ4v) is 1.69. The maximum atomic E-state index is 11.3. The van der Waals surface area contributed by atoms with Crippen LogP contribution in [0.15, 0.2) is 6.07 Å². The Balaban J connectivity index is 3.04. The van der Waals surface area contributed by atoms with E-state index in [4.69, 9.17) is 0 Å². The lowest BCUT2D eigenvalue weighted by molar-refractivity contribution is 0.0696. The van der Waals surface area contributed by atoms with E-state index in [1.54, 1.807) is 13.0 Å². The van der Waals surface area contributed by atoms with Gasteiger partial charge in [-0.25, -0.2) is 9.78 Å². The van der Waals surface area contributed by atoms with Crippen molar-refractivity contribution in [1.29, 1.82) is 0 Å². The predicted molar refractivity (Wildman–Crippen MR) is 76.9 cm³/mol. The van der Waals surface area contributed by atoms with Crippen LogP contribution < -0.4 is 5.32 Å². The first-order chi connectivity index (χ1) is 8.65. The third kappa shape index (κ3) is 3.67. The van der Waals surface area contributed by atoms with Crippen LogP contribution in [0.2, 0.25) is 0 Å². The zero-order valence-electron chi connectivity index (χ0n) is 12.5. The first-order valence-corrected chi connectivity index (χ1v) is 6.28. The van der Waals surface area contributed by atoms with E-state index in [1.807, 2.05) is 21.0 Å². The van der Waals surface area contributed by atoms with Crippen LogP contribution in [0.4, 0.5) is 5.82 Å². The van der Waals surface area contributed by atoms with Crippen LogP contribution in [0.3, 0.4) is 0 Å². The first kappa shape index (κ1) is 15.4. The molecule has 19 heavy (non-hydrogen) atoms. The normalized spacial score (nSPS) is 11.7. The highest BCUT2D eigenvalue weighted by Crippen LogP contribution is 2.20. The van der Waals surface area contributed by atoms with Crippen LogP contribution in [0.1, 0.15) is 35.5 Å². The topological polar surface area (TPSA) is 65.5 Å². The number of nitrogens with one attached hydrogen (secondary N) is 1. The Morgan fingerprint density at radius 2 is 2.00 bits per heavy atom. The summed E-state index contributed by atoms with van der Waals surface area (Å²) in [6.07, 6.45) is 0. The molecule has 0 aromatic carbocycles. The summed E-state index contributed by atoms with van der Waals surface area (Å²) in [4.78, 5) is 17.7. The molecule has 2 N–H and O–H groups in total. The molecule has 1 heterocycles. The molecule has 0 fully saturated rings. The molecule has 1 rings (SSSR count). The van der Waals surface area contributed by atoms with Crippen LogP contribution in [0, 0.1) is 13.8 Å². The van der Waals surface area contributed by atoms with Gasteiger partial charge in [0.25, 0.3) is 0 Å². The average molecular weight is 265 g/mol. The molecule has 0 saturated carbocycles. The molecule has 1 aromatic heterocycles. The number of carboxylic acids is 1. The molecule has 0 spiro atoms. The van der Waals surface area contributed by atoms with Gasteiger partial charge in [0.2, 0.25) is 0 Å². The van der Waals surface area contributed by atoms with Gasteiger partial charge in [0.1, 0.15) is 11.4 Å². The quantitative estimate of drug-likeness (QED) is 0.854. The Kier molecular flexibility index (Phi) is 4.52. The predicted octanol–water partition coefficient (Wildman–Crippen LogP) is 2.15. The van der Waals surface area contributed by atoms with Gasteiger partial charge >= 0.3 is 5.97 Å². The van der Waals surface area contributed by atoms with Crippen molar-refractivity contribution in [2.75, 3.05) is 26.0 Å². The van der Waals surface area contributed by atoms with Crippen molar-refractivity contribution in [3.63, 3.8) is 0 Å². The Morgan fingerprint density at radius 3 is 2.47 bits per heavy atom. The van der Waals surface area contributed by atoms with E-state index in [-0.39, 0.29) is 11.1 Å². The molecule has 0 saturated heterocycles. The molecule has 0 aliphatic heterocycles. The number of nitrogens with zero attached hydrogens (tertiary/aromatic N) is 2. The summed E-state index contributed by atoms with van der Waals surface area (Å²) in [6, 6.07) is 1.78. The largest absolute Gasteiger partial charge is 0.478 e. The van der Waals surface area contributed by atoms with Crippen LogP contribution in [-0.4, -0.2) is 47.1 Å². The average Bonchev–Trinajstić information content (AvgIpc) is 2.24. The van der Waals surface area contributed by atoms with E-state index in [0.29, 0.717) is 12.4 Å². The highest BCUT2D eigenvalue weighted by Gasteiger charge is 2.22. The van der Waals surface area contributed by atoms with Gasteiger partial charge in [0.15, 0.2) is 0 Å². The molecule has 5 heteroatoms. The molecule has 0 aliphatic rings. The number of aromatic nitrogens is 1. The summed E-state index contributed by atoms with van der Waals surface area (Å²) in [5.41, 5.74) is 1.70. The van der Waals surface area contributed by atoms with E-state index in [1.165, 1.54) is 0 Å². The molecule has 0 radical (unpaired) electrons. The minimum Gasteiger partial charge on any atom is -0.478 e. The Labute approximate surface area is 114 Å². The molecular weight excluding hydrogens is 242 g/mol. The number of carboxylic acid groups (broad SMARTS) is 1. The molecule has 0 amide bonds. The zero-order chi connectivity index (χ0) is 14.8. The number of hydrogen-bond donors (Lipinski definition) is 2. The number of hydrogen-bond acceptors (Lipinski definition) is 4. The van der Waals surface area contributed by atoms with E-state index >= 15 is 0 Å². The van der Waals surface area contributed by atoms with E-state index < -0.39 is 5.97 Å². The number of likely N-dealkylation sites (N-methyl/N-ethyl adjacent to an activating group) is 1. The van der Waals surface area contributed by atoms with E-state index in [9.17, 15) is 9.90 Å². The molecule has 0 unspecified atom stereocenters. The SMILES string of the molecule is Cc1cc(C)c(C(=O)O)c(NCC(C)(C)N(C)C)n1. The van der Waals surface area contributed by atoms with Crippen molar-refractivity contribution < 1.29 is 9.90 Å². The minimum absolute atomic E-state index is 0.0882.